The predicted octanol–water partition coefficient (Wildman–Crippen LogP) is 1.83. The van der Waals surface area contributed by atoms with Crippen molar-refractivity contribution in [2.75, 3.05) is 51.5 Å². The number of carbonyl (C=O) groups excluding carboxylic acids is 5. The molecule has 0 unspecified atom stereocenters. The maximum atomic E-state index is 13.3. The highest BCUT2D eigenvalue weighted by Gasteiger charge is 2.54. The number of alkyl halides is 4. The van der Waals surface area contributed by atoms with Gasteiger partial charge in [-0.15, -0.1) is 46.4 Å². The Morgan fingerprint density at radius 3 is 1.60 bits per heavy atom. The number of hydrogen-bond acceptors (Lipinski definition) is 14. The van der Waals surface area contributed by atoms with Crippen LogP contribution in [-0.2, 0) is 47.6 Å². The van der Waals surface area contributed by atoms with Crippen molar-refractivity contribution >= 4 is 76.3 Å². The monoisotopic (exact) mass is 678 g/mol. The number of benzene rings is 1. The fourth-order valence-electron chi connectivity index (χ4n) is 3.65. The molecule has 18 heteroatoms. The molecule has 1 aliphatic rings. The van der Waals surface area contributed by atoms with E-state index in [1.165, 1.54) is 33.5 Å². The molecule has 0 amide bonds. The Kier molecular flexibility index (Phi) is 14.5. The number of hydrogen-bond donors (Lipinski definition) is 0. The summed E-state index contributed by atoms with van der Waals surface area (Å²) >= 11 is 22.3. The number of ether oxygens (including phenoxy) is 9. The summed E-state index contributed by atoms with van der Waals surface area (Å²) in [5.74, 6) is -7.23. The van der Waals surface area contributed by atoms with Gasteiger partial charge in [0.1, 0.15) is 36.2 Å². The predicted molar refractivity (Wildman–Crippen MR) is 144 cm³/mol. The summed E-state index contributed by atoms with van der Waals surface area (Å²) < 4.78 is 48.0. The lowest BCUT2D eigenvalue weighted by atomic mass is 9.98. The van der Waals surface area contributed by atoms with Gasteiger partial charge < -0.3 is 42.6 Å². The molecule has 1 aromatic carbocycles. The molecule has 1 heterocycles. The van der Waals surface area contributed by atoms with Crippen LogP contribution in [-0.4, -0.2) is 112 Å². The molecule has 0 aliphatic carbocycles. The fraction of sp³-hybridized carbons (Fsp3) is 0.542. The number of halogens is 4. The van der Waals surface area contributed by atoms with Crippen LogP contribution in [0.15, 0.2) is 12.1 Å². The van der Waals surface area contributed by atoms with E-state index in [-0.39, 0.29) is 22.8 Å². The molecule has 1 fully saturated rings. The van der Waals surface area contributed by atoms with Crippen LogP contribution in [0.2, 0.25) is 0 Å². The minimum absolute atomic E-state index is 0.103. The van der Waals surface area contributed by atoms with E-state index in [0.29, 0.717) is 0 Å². The van der Waals surface area contributed by atoms with E-state index in [4.69, 9.17) is 89.0 Å². The van der Waals surface area contributed by atoms with Crippen LogP contribution in [0.3, 0.4) is 0 Å². The Labute approximate surface area is 259 Å². The van der Waals surface area contributed by atoms with Gasteiger partial charge in [0.05, 0.1) is 26.9 Å². The van der Waals surface area contributed by atoms with Gasteiger partial charge in [0, 0.05) is 0 Å². The van der Waals surface area contributed by atoms with Crippen molar-refractivity contribution in [1.82, 2.24) is 0 Å². The summed E-state index contributed by atoms with van der Waals surface area (Å²) in [4.78, 5) is 61.8. The van der Waals surface area contributed by atoms with Gasteiger partial charge in [-0.2, -0.15) is 0 Å². The zero-order valence-corrected chi connectivity index (χ0v) is 25.3. The second-order valence-corrected chi connectivity index (χ2v) is 9.01. The van der Waals surface area contributed by atoms with Crippen molar-refractivity contribution in [2.45, 2.75) is 30.7 Å². The second kappa shape index (κ2) is 17.3. The van der Waals surface area contributed by atoms with E-state index in [1.54, 1.807) is 0 Å². The van der Waals surface area contributed by atoms with Crippen molar-refractivity contribution in [3.63, 3.8) is 0 Å². The first-order valence-electron chi connectivity index (χ1n) is 11.7. The first kappa shape index (κ1) is 35.3. The smallest absolute Gasteiger partial charge is 0.340 e. The topological polar surface area (TPSA) is 168 Å². The first-order valence-corrected chi connectivity index (χ1v) is 13.8. The first-order chi connectivity index (χ1) is 20.1. The number of methoxy groups -OCH3 is 3. The molecule has 234 valence electrons. The zero-order chi connectivity index (χ0) is 31.4. The van der Waals surface area contributed by atoms with Gasteiger partial charge >= 0.3 is 29.8 Å². The molecule has 14 nitrogen and oxygen atoms in total. The number of rotatable bonds is 14. The third kappa shape index (κ3) is 9.30. The number of esters is 5. The standard InChI is InChI=1S/C24H26Cl4O14/c1-34-12-4-11(5-13(35-2)19(12)36-3)23(33)42-24-22(41-18(32)9-28)21(40-17(31)8-27)20(39-16(30)7-26)14(38-24)10-37-15(29)6-25/h4-5,14,20-22,24H,6-10H2,1-3H3/t14-,20-,21+,22-,24-/m1/s1. The van der Waals surface area contributed by atoms with Crippen LogP contribution in [0.25, 0.3) is 0 Å². The Morgan fingerprint density at radius 2 is 1.14 bits per heavy atom. The molecule has 2 rings (SSSR count). The number of carbonyl (C=O) groups is 5. The summed E-state index contributed by atoms with van der Waals surface area (Å²) in [5.41, 5.74) is -0.134. The highest BCUT2D eigenvalue weighted by atomic mass is 35.5. The van der Waals surface area contributed by atoms with Crippen molar-refractivity contribution in [1.29, 1.82) is 0 Å². The van der Waals surface area contributed by atoms with Crippen LogP contribution < -0.4 is 14.2 Å². The van der Waals surface area contributed by atoms with Gasteiger partial charge in [0.25, 0.3) is 0 Å². The van der Waals surface area contributed by atoms with E-state index >= 15 is 0 Å². The van der Waals surface area contributed by atoms with E-state index in [1.807, 2.05) is 0 Å². The minimum atomic E-state index is -1.86. The quantitative estimate of drug-likeness (QED) is 0.159. The lowest BCUT2D eigenvalue weighted by Crippen LogP contribution is -2.63. The lowest BCUT2D eigenvalue weighted by molar-refractivity contribution is -0.294. The van der Waals surface area contributed by atoms with Crippen molar-refractivity contribution in [2.24, 2.45) is 0 Å². The summed E-state index contributed by atoms with van der Waals surface area (Å²) in [6, 6.07) is 2.53. The van der Waals surface area contributed by atoms with Crippen molar-refractivity contribution < 1.29 is 66.6 Å². The van der Waals surface area contributed by atoms with Crippen LogP contribution in [0.5, 0.6) is 17.2 Å². The summed E-state index contributed by atoms with van der Waals surface area (Å²) in [5, 5.41) is 0. The molecule has 0 bridgehead atoms. The third-order valence-electron chi connectivity index (χ3n) is 5.36. The highest BCUT2D eigenvalue weighted by Crippen LogP contribution is 2.39. The second-order valence-electron chi connectivity index (χ2n) is 7.94. The summed E-state index contributed by atoms with van der Waals surface area (Å²) in [7, 11) is 4.00. The maximum Gasteiger partial charge on any atom is 0.340 e. The van der Waals surface area contributed by atoms with E-state index in [9.17, 15) is 24.0 Å². The van der Waals surface area contributed by atoms with Gasteiger partial charge in [-0.25, -0.2) is 4.79 Å². The van der Waals surface area contributed by atoms with Crippen LogP contribution in [0.1, 0.15) is 10.4 Å². The zero-order valence-electron chi connectivity index (χ0n) is 22.3. The molecule has 1 aromatic rings. The minimum Gasteiger partial charge on any atom is -0.493 e. The van der Waals surface area contributed by atoms with Gasteiger partial charge in [-0.3, -0.25) is 19.2 Å². The molecule has 0 spiro atoms. The Bertz CT molecular complexity index is 1110. The highest BCUT2D eigenvalue weighted by molar-refractivity contribution is 6.27. The van der Waals surface area contributed by atoms with Gasteiger partial charge in [0.2, 0.25) is 18.1 Å². The molecule has 0 saturated carbocycles. The Morgan fingerprint density at radius 1 is 0.667 bits per heavy atom. The SMILES string of the molecule is COc1cc(C(=O)O[C@H]2O[C@H](COC(=O)CCl)[C@@H](OC(=O)CCl)[C@H](OC(=O)CCl)[C@H]2OC(=O)CCl)cc(OC)c1OC. The van der Waals surface area contributed by atoms with Gasteiger partial charge in [-0.1, -0.05) is 0 Å². The van der Waals surface area contributed by atoms with Crippen molar-refractivity contribution in [3.05, 3.63) is 17.7 Å². The normalized spacial score (nSPS) is 21.4. The molecule has 1 saturated heterocycles. The average molecular weight is 680 g/mol. The van der Waals surface area contributed by atoms with Crippen LogP contribution >= 0.6 is 46.4 Å². The maximum absolute atomic E-state index is 13.3. The third-order valence-corrected chi connectivity index (χ3v) is 6.24. The Hall–Kier alpha value is -2.91. The van der Waals surface area contributed by atoms with Gasteiger partial charge in [-0.05, 0) is 12.1 Å². The Balaban J connectivity index is 2.59. The summed E-state index contributed by atoms with van der Waals surface area (Å²) in [6.45, 7) is -0.644. The van der Waals surface area contributed by atoms with E-state index in [0.717, 1.165) is 0 Å². The van der Waals surface area contributed by atoms with Crippen LogP contribution in [0.4, 0.5) is 0 Å². The van der Waals surface area contributed by atoms with E-state index in [2.05, 4.69) is 0 Å². The van der Waals surface area contributed by atoms with Gasteiger partial charge in [0.15, 0.2) is 23.7 Å². The molecular formula is C24H26Cl4O14. The molecule has 42 heavy (non-hydrogen) atoms. The van der Waals surface area contributed by atoms with Crippen molar-refractivity contribution in [3.8, 4) is 17.2 Å². The molecule has 0 N–H and O–H groups in total. The summed E-state index contributed by atoms with van der Waals surface area (Å²) in [6.07, 6.45) is -8.44. The fourth-order valence-corrected chi connectivity index (χ4v) is 3.91. The molecule has 0 aromatic heterocycles. The average Bonchev–Trinajstić information content (AvgIpc) is 3.00. The molecule has 0 radical (unpaired) electrons. The molecule has 5 atom stereocenters. The lowest BCUT2D eigenvalue weighted by Gasteiger charge is -2.43. The molecular weight excluding hydrogens is 654 g/mol. The van der Waals surface area contributed by atoms with E-state index < -0.39 is 90.7 Å². The van der Waals surface area contributed by atoms with Crippen LogP contribution in [0, 0.1) is 0 Å². The largest absolute Gasteiger partial charge is 0.493 e. The molecule has 1 aliphatic heterocycles.